The predicted molar refractivity (Wildman–Crippen MR) is 118 cm³/mol. The molecule has 0 spiro atoms. The molecule has 0 radical (unpaired) electrons. The Morgan fingerprint density at radius 2 is 1.55 bits per heavy atom. The van der Waals surface area contributed by atoms with Gasteiger partial charge in [-0.25, -0.2) is 0 Å². The van der Waals surface area contributed by atoms with Crippen molar-refractivity contribution in [1.29, 1.82) is 0 Å². The van der Waals surface area contributed by atoms with E-state index in [0.29, 0.717) is 19.0 Å². The number of hydrogen-bond donors (Lipinski definition) is 0. The average molecular weight is 400 g/mol. The molecule has 0 aromatic heterocycles. The number of carbonyl (C=O) groups excluding carboxylic acids is 2. The first kappa shape index (κ1) is 21.7. The lowest BCUT2D eigenvalue weighted by atomic mass is 9.92. The maximum atomic E-state index is 12.9. The number of hydrogen-bond acceptors (Lipinski definition) is 3. The van der Waals surface area contributed by atoms with E-state index in [0.717, 1.165) is 62.5 Å². The smallest absolute Gasteiger partial charge is 0.253 e. The van der Waals surface area contributed by atoms with Gasteiger partial charge in [0, 0.05) is 56.9 Å². The van der Waals surface area contributed by atoms with Crippen molar-refractivity contribution >= 4 is 17.5 Å². The Morgan fingerprint density at radius 3 is 2.14 bits per heavy atom. The van der Waals surface area contributed by atoms with Gasteiger partial charge in [-0.2, -0.15) is 0 Å². The summed E-state index contributed by atoms with van der Waals surface area (Å²) in [4.78, 5) is 31.9. The van der Waals surface area contributed by atoms with E-state index in [1.165, 1.54) is 12.8 Å². The van der Waals surface area contributed by atoms with Crippen LogP contribution < -0.4 is 4.90 Å². The van der Waals surface area contributed by atoms with Crippen LogP contribution >= 0.6 is 0 Å². The summed E-state index contributed by atoms with van der Waals surface area (Å²) in [6.45, 7) is 8.65. The molecule has 0 saturated carbocycles. The summed E-state index contributed by atoms with van der Waals surface area (Å²) in [7, 11) is 2.09. The van der Waals surface area contributed by atoms with Gasteiger partial charge in [-0.15, -0.1) is 0 Å². The Kier molecular flexibility index (Phi) is 7.57. The summed E-state index contributed by atoms with van der Waals surface area (Å²) in [6, 6.07) is 7.95. The molecule has 0 N–H and O–H groups in total. The second-order valence-corrected chi connectivity index (χ2v) is 8.90. The van der Waals surface area contributed by atoms with Crippen LogP contribution in [-0.4, -0.2) is 61.4 Å². The number of anilines is 1. The second kappa shape index (κ2) is 10.1. The molecule has 3 rings (SSSR count). The van der Waals surface area contributed by atoms with Crippen LogP contribution in [0.25, 0.3) is 0 Å². The normalized spacial score (nSPS) is 18.7. The van der Waals surface area contributed by atoms with Crippen LogP contribution in [0.2, 0.25) is 0 Å². The van der Waals surface area contributed by atoms with E-state index < -0.39 is 0 Å². The fourth-order valence-corrected chi connectivity index (χ4v) is 4.38. The second-order valence-electron chi connectivity index (χ2n) is 8.90. The number of carbonyl (C=O) groups is 2. The van der Waals surface area contributed by atoms with Crippen LogP contribution in [-0.2, 0) is 4.79 Å². The first-order valence-electron chi connectivity index (χ1n) is 11.4. The summed E-state index contributed by atoms with van der Waals surface area (Å²) in [5, 5.41) is 0. The number of unbranched alkanes of at least 4 members (excludes halogenated alkanes) is 1. The number of piperidine rings is 2. The first-order chi connectivity index (χ1) is 14.0. The van der Waals surface area contributed by atoms with Gasteiger partial charge in [0.25, 0.3) is 5.91 Å². The number of rotatable bonds is 6. The van der Waals surface area contributed by atoms with Gasteiger partial charge in [0.15, 0.2) is 0 Å². The molecular weight excluding hydrogens is 362 g/mol. The number of likely N-dealkylation sites (tertiary alicyclic amines) is 2. The van der Waals surface area contributed by atoms with Gasteiger partial charge in [0.2, 0.25) is 5.91 Å². The monoisotopic (exact) mass is 399 g/mol. The molecule has 2 amide bonds. The molecule has 0 atom stereocenters. The maximum Gasteiger partial charge on any atom is 0.253 e. The van der Waals surface area contributed by atoms with Crippen molar-refractivity contribution in [2.45, 2.75) is 52.4 Å². The molecule has 0 unspecified atom stereocenters. The minimum absolute atomic E-state index is 0.0852. The van der Waals surface area contributed by atoms with E-state index in [4.69, 9.17) is 0 Å². The van der Waals surface area contributed by atoms with E-state index in [9.17, 15) is 9.59 Å². The summed E-state index contributed by atoms with van der Waals surface area (Å²) in [5.74, 6) is 1.22. The molecule has 5 nitrogen and oxygen atoms in total. The third-order valence-electron chi connectivity index (χ3n) is 6.63. The molecule has 160 valence electrons. The van der Waals surface area contributed by atoms with Crippen LogP contribution in [0.3, 0.4) is 0 Å². The average Bonchev–Trinajstić information content (AvgIpc) is 2.77. The van der Waals surface area contributed by atoms with E-state index >= 15 is 0 Å². The molecule has 5 heteroatoms. The molecule has 2 heterocycles. The molecule has 2 fully saturated rings. The Labute approximate surface area is 176 Å². The van der Waals surface area contributed by atoms with Gasteiger partial charge < -0.3 is 14.7 Å². The Bertz CT molecular complexity index is 672. The minimum Gasteiger partial charge on any atom is -0.375 e. The molecule has 2 saturated heterocycles. The van der Waals surface area contributed by atoms with Crippen molar-refractivity contribution in [3.8, 4) is 0 Å². The molecule has 1 aromatic rings. The first-order valence-corrected chi connectivity index (χ1v) is 11.4. The fraction of sp³-hybridized carbons (Fsp3) is 0.667. The summed E-state index contributed by atoms with van der Waals surface area (Å²) in [6.07, 6.45) is 6.15. The highest BCUT2D eigenvalue weighted by Gasteiger charge is 2.31. The van der Waals surface area contributed by atoms with Crippen molar-refractivity contribution < 1.29 is 9.59 Å². The number of benzene rings is 1. The molecule has 29 heavy (non-hydrogen) atoms. The van der Waals surface area contributed by atoms with Crippen molar-refractivity contribution in [1.82, 2.24) is 9.80 Å². The van der Waals surface area contributed by atoms with Crippen molar-refractivity contribution in [2.75, 3.05) is 44.7 Å². The highest BCUT2D eigenvalue weighted by atomic mass is 16.2. The SMILES string of the molecule is CCCCN(C)c1ccc(C(=O)N2CCC(C(=O)N3CCC(C)CC3)CC2)cc1. The molecule has 0 bridgehead atoms. The van der Waals surface area contributed by atoms with Crippen LogP contribution in [0.4, 0.5) is 5.69 Å². The quantitative estimate of drug-likeness (QED) is 0.725. The lowest BCUT2D eigenvalue weighted by Crippen LogP contribution is -2.46. The largest absolute Gasteiger partial charge is 0.375 e. The third kappa shape index (κ3) is 5.52. The lowest BCUT2D eigenvalue weighted by Gasteiger charge is -2.36. The zero-order chi connectivity index (χ0) is 20.8. The molecule has 1 aromatic carbocycles. The van der Waals surface area contributed by atoms with Crippen molar-refractivity contribution in [2.24, 2.45) is 11.8 Å². The van der Waals surface area contributed by atoms with Crippen LogP contribution in [0.15, 0.2) is 24.3 Å². The molecule has 0 aliphatic carbocycles. The van der Waals surface area contributed by atoms with Gasteiger partial charge in [0.05, 0.1) is 0 Å². The molecular formula is C24H37N3O2. The van der Waals surface area contributed by atoms with E-state index in [1.54, 1.807) is 0 Å². The standard InChI is InChI=1S/C24H37N3O2/c1-4-5-14-25(3)22-8-6-20(7-9-22)23(28)27-17-12-21(13-18-27)24(29)26-15-10-19(2)11-16-26/h6-9,19,21H,4-5,10-18H2,1-3H3. The van der Waals surface area contributed by atoms with E-state index in [1.807, 2.05) is 29.2 Å². The van der Waals surface area contributed by atoms with E-state index in [2.05, 4.69) is 30.7 Å². The van der Waals surface area contributed by atoms with Crippen molar-refractivity contribution in [3.63, 3.8) is 0 Å². The lowest BCUT2D eigenvalue weighted by molar-refractivity contribution is -0.138. The Hall–Kier alpha value is -2.04. The van der Waals surface area contributed by atoms with Crippen LogP contribution in [0.1, 0.15) is 62.7 Å². The van der Waals surface area contributed by atoms with Crippen molar-refractivity contribution in [3.05, 3.63) is 29.8 Å². The van der Waals surface area contributed by atoms with Gasteiger partial charge in [-0.3, -0.25) is 9.59 Å². The fourth-order valence-electron chi connectivity index (χ4n) is 4.38. The highest BCUT2D eigenvalue weighted by Crippen LogP contribution is 2.25. The third-order valence-corrected chi connectivity index (χ3v) is 6.63. The Balaban J connectivity index is 1.50. The summed E-state index contributed by atoms with van der Waals surface area (Å²) < 4.78 is 0. The molecule has 2 aliphatic rings. The number of amides is 2. The molecule has 2 aliphatic heterocycles. The minimum atomic E-state index is 0.0852. The zero-order valence-electron chi connectivity index (χ0n) is 18.4. The zero-order valence-corrected chi connectivity index (χ0v) is 18.4. The predicted octanol–water partition coefficient (Wildman–Crippen LogP) is 4.03. The Morgan fingerprint density at radius 1 is 0.966 bits per heavy atom. The van der Waals surface area contributed by atoms with Gasteiger partial charge in [-0.1, -0.05) is 20.3 Å². The van der Waals surface area contributed by atoms with Crippen LogP contribution in [0, 0.1) is 11.8 Å². The van der Waals surface area contributed by atoms with Gasteiger partial charge >= 0.3 is 0 Å². The highest BCUT2D eigenvalue weighted by molar-refractivity contribution is 5.94. The van der Waals surface area contributed by atoms with Gasteiger partial charge in [0.1, 0.15) is 0 Å². The van der Waals surface area contributed by atoms with Gasteiger partial charge in [-0.05, 0) is 62.3 Å². The van der Waals surface area contributed by atoms with E-state index in [-0.39, 0.29) is 11.8 Å². The summed E-state index contributed by atoms with van der Waals surface area (Å²) in [5.41, 5.74) is 1.89. The topological polar surface area (TPSA) is 43.9 Å². The summed E-state index contributed by atoms with van der Waals surface area (Å²) >= 11 is 0. The number of nitrogens with zero attached hydrogens (tertiary/aromatic N) is 3. The maximum absolute atomic E-state index is 12.9. The van der Waals surface area contributed by atoms with Crippen LogP contribution in [0.5, 0.6) is 0 Å².